The van der Waals surface area contributed by atoms with Gasteiger partial charge in [0.05, 0.1) is 5.60 Å². The number of halogens is 2. The highest BCUT2D eigenvalue weighted by Crippen LogP contribution is 2.31. The molecule has 1 unspecified atom stereocenters. The van der Waals surface area contributed by atoms with Gasteiger partial charge in [0.1, 0.15) is 5.82 Å². The second-order valence-corrected chi connectivity index (χ2v) is 6.95. The number of hydrogen-bond donors (Lipinski definition) is 1. The standard InChI is InChI=1S/C21H24FNO2.ClH/c1-16(17-7-9-19(22)10-8-17)23-13-11-21(25,12-14-23)15-20(24)18-5-3-2-4-6-18;/h2-10,16,25H,11-15H2,1H3;1H. The monoisotopic (exact) mass is 377 g/mol. The van der Waals surface area contributed by atoms with E-state index in [9.17, 15) is 14.3 Å². The third kappa shape index (κ3) is 4.91. The molecule has 3 rings (SSSR count). The van der Waals surface area contributed by atoms with E-state index < -0.39 is 5.60 Å². The summed E-state index contributed by atoms with van der Waals surface area (Å²) >= 11 is 0. The Kier molecular flexibility index (Phi) is 6.93. The van der Waals surface area contributed by atoms with E-state index in [-0.39, 0.29) is 36.5 Å². The van der Waals surface area contributed by atoms with Gasteiger partial charge in [-0.05, 0) is 37.5 Å². The molecule has 1 saturated heterocycles. The number of benzene rings is 2. The van der Waals surface area contributed by atoms with Crippen LogP contribution in [0.25, 0.3) is 0 Å². The molecule has 140 valence electrons. The molecule has 1 N–H and O–H groups in total. The van der Waals surface area contributed by atoms with Crippen LogP contribution in [-0.2, 0) is 0 Å². The molecular formula is C21H25ClFNO2. The van der Waals surface area contributed by atoms with Gasteiger partial charge in [-0.3, -0.25) is 9.69 Å². The summed E-state index contributed by atoms with van der Waals surface area (Å²) in [5.41, 5.74) is 0.775. The zero-order valence-electron chi connectivity index (χ0n) is 14.9. The van der Waals surface area contributed by atoms with Crippen molar-refractivity contribution in [2.24, 2.45) is 0 Å². The zero-order valence-corrected chi connectivity index (χ0v) is 15.7. The molecule has 1 heterocycles. The van der Waals surface area contributed by atoms with Crippen LogP contribution in [0.2, 0.25) is 0 Å². The molecular weight excluding hydrogens is 353 g/mol. The minimum atomic E-state index is -0.939. The number of rotatable bonds is 5. The summed E-state index contributed by atoms with van der Waals surface area (Å²) < 4.78 is 13.1. The van der Waals surface area contributed by atoms with Gasteiger partial charge in [0.15, 0.2) is 5.78 Å². The number of ketones is 1. The lowest BCUT2D eigenvalue weighted by molar-refractivity contribution is -0.0303. The molecule has 0 aromatic heterocycles. The fourth-order valence-corrected chi connectivity index (χ4v) is 3.48. The summed E-state index contributed by atoms with van der Waals surface area (Å²) in [6.45, 7) is 3.53. The third-order valence-electron chi connectivity index (χ3n) is 5.21. The lowest BCUT2D eigenvalue weighted by Crippen LogP contribution is -2.46. The Morgan fingerprint density at radius 1 is 1.12 bits per heavy atom. The minimum Gasteiger partial charge on any atom is -0.389 e. The van der Waals surface area contributed by atoms with Crippen molar-refractivity contribution in [3.05, 3.63) is 71.5 Å². The molecule has 1 aliphatic heterocycles. The molecule has 1 fully saturated rings. The Labute approximate surface area is 160 Å². The summed E-state index contributed by atoms with van der Waals surface area (Å²) in [6, 6.07) is 15.9. The smallest absolute Gasteiger partial charge is 0.165 e. The van der Waals surface area contributed by atoms with E-state index in [1.54, 1.807) is 24.3 Å². The van der Waals surface area contributed by atoms with Crippen LogP contribution < -0.4 is 0 Å². The lowest BCUT2D eigenvalue weighted by Gasteiger charge is -2.40. The first-order valence-corrected chi connectivity index (χ1v) is 8.77. The lowest BCUT2D eigenvalue weighted by atomic mass is 9.84. The molecule has 0 spiro atoms. The molecule has 1 aliphatic rings. The van der Waals surface area contributed by atoms with Crippen LogP contribution in [-0.4, -0.2) is 34.5 Å². The number of aliphatic hydroxyl groups is 1. The van der Waals surface area contributed by atoms with Crippen molar-refractivity contribution < 1.29 is 14.3 Å². The number of hydrogen-bond acceptors (Lipinski definition) is 3. The summed E-state index contributed by atoms with van der Waals surface area (Å²) in [7, 11) is 0. The molecule has 0 radical (unpaired) electrons. The van der Waals surface area contributed by atoms with Crippen molar-refractivity contribution >= 4 is 18.2 Å². The second kappa shape index (κ2) is 8.76. The SMILES string of the molecule is CC(c1ccc(F)cc1)N1CCC(O)(CC(=O)c2ccccc2)CC1.Cl. The van der Waals surface area contributed by atoms with Crippen LogP contribution in [0.1, 0.15) is 48.1 Å². The molecule has 5 heteroatoms. The molecule has 0 saturated carbocycles. The largest absolute Gasteiger partial charge is 0.389 e. The zero-order chi connectivity index (χ0) is 17.9. The molecule has 3 nitrogen and oxygen atoms in total. The van der Waals surface area contributed by atoms with E-state index in [2.05, 4.69) is 11.8 Å². The number of piperidine rings is 1. The van der Waals surface area contributed by atoms with Gasteiger partial charge in [-0.25, -0.2) is 4.39 Å². The highest BCUT2D eigenvalue weighted by atomic mass is 35.5. The van der Waals surface area contributed by atoms with Crippen LogP contribution in [0.3, 0.4) is 0 Å². The van der Waals surface area contributed by atoms with Crippen molar-refractivity contribution in [3.8, 4) is 0 Å². The average molecular weight is 378 g/mol. The normalized spacial score (nSPS) is 18.0. The predicted octanol–water partition coefficient (Wildman–Crippen LogP) is 4.41. The fraction of sp³-hybridized carbons (Fsp3) is 0.381. The maximum Gasteiger partial charge on any atom is 0.165 e. The van der Waals surface area contributed by atoms with Gasteiger partial charge in [-0.2, -0.15) is 0 Å². The molecule has 0 amide bonds. The van der Waals surface area contributed by atoms with E-state index in [0.29, 0.717) is 18.4 Å². The van der Waals surface area contributed by atoms with Gasteiger partial charge >= 0.3 is 0 Å². The first-order chi connectivity index (χ1) is 12.0. The summed E-state index contributed by atoms with van der Waals surface area (Å²) in [5.74, 6) is -0.244. The van der Waals surface area contributed by atoms with E-state index in [1.807, 2.05) is 18.2 Å². The van der Waals surface area contributed by atoms with Gasteiger partial charge in [0.2, 0.25) is 0 Å². The Morgan fingerprint density at radius 2 is 1.69 bits per heavy atom. The number of likely N-dealkylation sites (tertiary alicyclic amines) is 1. The summed E-state index contributed by atoms with van der Waals surface area (Å²) in [5, 5.41) is 10.8. The van der Waals surface area contributed by atoms with Crippen LogP contribution in [0.4, 0.5) is 4.39 Å². The van der Waals surface area contributed by atoms with Gasteiger partial charge in [0.25, 0.3) is 0 Å². The van der Waals surface area contributed by atoms with Crippen molar-refractivity contribution in [1.29, 1.82) is 0 Å². The highest BCUT2D eigenvalue weighted by molar-refractivity contribution is 5.96. The average Bonchev–Trinajstić information content (AvgIpc) is 2.63. The number of Topliss-reactive ketones (excluding diaryl/α,β-unsaturated/α-hetero) is 1. The Morgan fingerprint density at radius 3 is 2.27 bits per heavy atom. The molecule has 2 aromatic rings. The van der Waals surface area contributed by atoms with Gasteiger partial charge in [0, 0.05) is 31.1 Å². The summed E-state index contributed by atoms with van der Waals surface area (Å²) in [6.07, 6.45) is 1.30. The topological polar surface area (TPSA) is 40.5 Å². The van der Waals surface area contributed by atoms with Gasteiger partial charge in [-0.15, -0.1) is 12.4 Å². The predicted molar refractivity (Wildman–Crippen MR) is 103 cm³/mol. The Balaban J connectivity index is 0.00000243. The Hall–Kier alpha value is -1.75. The minimum absolute atomic E-state index is 0. The molecule has 2 aromatic carbocycles. The number of carbonyl (C=O) groups is 1. The maximum absolute atomic E-state index is 13.1. The first kappa shape index (κ1) is 20.6. The van der Waals surface area contributed by atoms with Crippen molar-refractivity contribution in [2.45, 2.75) is 37.8 Å². The van der Waals surface area contributed by atoms with Gasteiger partial charge in [-0.1, -0.05) is 42.5 Å². The van der Waals surface area contributed by atoms with Crippen LogP contribution in [0.15, 0.2) is 54.6 Å². The van der Waals surface area contributed by atoms with Crippen molar-refractivity contribution in [3.63, 3.8) is 0 Å². The van der Waals surface area contributed by atoms with Crippen molar-refractivity contribution in [2.75, 3.05) is 13.1 Å². The second-order valence-electron chi connectivity index (χ2n) is 6.95. The highest BCUT2D eigenvalue weighted by Gasteiger charge is 2.35. The summed E-state index contributed by atoms with van der Waals surface area (Å²) in [4.78, 5) is 14.7. The first-order valence-electron chi connectivity index (χ1n) is 8.77. The fourth-order valence-electron chi connectivity index (χ4n) is 3.48. The number of carbonyl (C=O) groups excluding carboxylic acids is 1. The molecule has 26 heavy (non-hydrogen) atoms. The van der Waals surface area contributed by atoms with E-state index in [1.165, 1.54) is 12.1 Å². The van der Waals surface area contributed by atoms with Crippen molar-refractivity contribution in [1.82, 2.24) is 4.90 Å². The molecule has 0 aliphatic carbocycles. The van der Waals surface area contributed by atoms with E-state index >= 15 is 0 Å². The molecule has 0 bridgehead atoms. The number of nitrogens with zero attached hydrogens (tertiary/aromatic N) is 1. The third-order valence-corrected chi connectivity index (χ3v) is 5.21. The van der Waals surface area contributed by atoms with Crippen LogP contribution in [0, 0.1) is 5.82 Å². The van der Waals surface area contributed by atoms with Crippen LogP contribution in [0.5, 0.6) is 0 Å². The molecule has 1 atom stereocenters. The quantitative estimate of drug-likeness (QED) is 0.785. The van der Waals surface area contributed by atoms with Gasteiger partial charge < -0.3 is 5.11 Å². The Bertz CT molecular complexity index is 713. The van der Waals surface area contributed by atoms with Crippen LogP contribution >= 0.6 is 12.4 Å². The van der Waals surface area contributed by atoms with E-state index in [4.69, 9.17) is 0 Å². The van der Waals surface area contributed by atoms with E-state index in [0.717, 1.165) is 18.7 Å². The maximum atomic E-state index is 13.1.